The van der Waals surface area contributed by atoms with Crippen molar-refractivity contribution in [2.24, 2.45) is 4.40 Å². The van der Waals surface area contributed by atoms with Gasteiger partial charge in [-0.05, 0) is 18.2 Å². The molecular formula is C11H7F6NO4S. The van der Waals surface area contributed by atoms with Crippen LogP contribution in [0.3, 0.4) is 0 Å². The molecule has 0 bridgehead atoms. The molecule has 0 heterocycles. The van der Waals surface area contributed by atoms with E-state index >= 15 is 0 Å². The van der Waals surface area contributed by atoms with Gasteiger partial charge in [-0.1, -0.05) is 6.07 Å². The highest BCUT2D eigenvalue weighted by Crippen LogP contribution is 2.31. The van der Waals surface area contributed by atoms with E-state index in [9.17, 15) is 39.6 Å². The van der Waals surface area contributed by atoms with Gasteiger partial charge in [0.2, 0.25) is 5.71 Å². The number of esters is 1. The molecule has 0 aliphatic carbocycles. The first kappa shape index (κ1) is 18.9. The van der Waals surface area contributed by atoms with Gasteiger partial charge in [0.1, 0.15) is 0 Å². The van der Waals surface area contributed by atoms with Gasteiger partial charge in [0.05, 0.1) is 17.6 Å². The molecule has 1 rings (SSSR count). The standard InChI is InChI=1S/C11H7F6NO4S/c1-22-9(19)8(11(15,16)17)18-23(20,21)7-4-2-3-6(5-7)10(12,13)14/h2-5H,1H3/b18-8+. The number of sulfonamides is 1. The molecule has 0 atom stereocenters. The third kappa shape index (κ3) is 4.68. The topological polar surface area (TPSA) is 72.8 Å². The van der Waals surface area contributed by atoms with Crippen LogP contribution < -0.4 is 0 Å². The average Bonchev–Trinajstić information content (AvgIpc) is 2.42. The van der Waals surface area contributed by atoms with Crippen molar-refractivity contribution in [3.63, 3.8) is 0 Å². The SMILES string of the molecule is COC(=O)/C(=N\S(=O)(=O)c1cccc(C(F)(F)F)c1)C(F)(F)F. The zero-order chi connectivity index (χ0) is 18.1. The molecule has 0 saturated carbocycles. The fourth-order valence-corrected chi connectivity index (χ4v) is 2.36. The lowest BCUT2D eigenvalue weighted by molar-refractivity contribution is -0.138. The molecule has 0 radical (unpaired) electrons. The molecule has 0 unspecified atom stereocenters. The lowest BCUT2D eigenvalue weighted by atomic mass is 10.2. The van der Waals surface area contributed by atoms with E-state index in [1.807, 2.05) is 0 Å². The summed E-state index contributed by atoms with van der Waals surface area (Å²) >= 11 is 0. The zero-order valence-corrected chi connectivity index (χ0v) is 11.9. The first-order valence-electron chi connectivity index (χ1n) is 5.47. The van der Waals surface area contributed by atoms with E-state index in [1.54, 1.807) is 0 Å². The minimum Gasteiger partial charge on any atom is -0.464 e. The maximum Gasteiger partial charge on any atom is 0.441 e. The van der Waals surface area contributed by atoms with Gasteiger partial charge in [0.25, 0.3) is 10.0 Å². The van der Waals surface area contributed by atoms with Crippen LogP contribution in [0.2, 0.25) is 0 Å². The Labute approximate surface area is 125 Å². The molecule has 23 heavy (non-hydrogen) atoms. The second-order valence-electron chi connectivity index (χ2n) is 3.93. The molecule has 128 valence electrons. The van der Waals surface area contributed by atoms with Gasteiger partial charge in [-0.15, -0.1) is 4.40 Å². The van der Waals surface area contributed by atoms with Gasteiger partial charge in [-0.2, -0.15) is 34.8 Å². The minimum atomic E-state index is -5.47. The van der Waals surface area contributed by atoms with Crippen molar-refractivity contribution in [2.75, 3.05) is 7.11 Å². The van der Waals surface area contributed by atoms with Crippen LogP contribution in [0.4, 0.5) is 26.3 Å². The molecule has 0 saturated heterocycles. The van der Waals surface area contributed by atoms with Gasteiger partial charge in [0.15, 0.2) is 0 Å². The van der Waals surface area contributed by atoms with Gasteiger partial charge >= 0.3 is 18.3 Å². The molecular weight excluding hydrogens is 356 g/mol. The monoisotopic (exact) mass is 363 g/mol. The summed E-state index contributed by atoms with van der Waals surface area (Å²) in [5, 5.41) is 0. The molecule has 1 aromatic carbocycles. The van der Waals surface area contributed by atoms with E-state index < -0.39 is 44.5 Å². The van der Waals surface area contributed by atoms with E-state index in [1.165, 1.54) is 0 Å². The van der Waals surface area contributed by atoms with Crippen LogP contribution >= 0.6 is 0 Å². The number of halogens is 6. The summed E-state index contributed by atoms with van der Waals surface area (Å²) in [6, 6.07) is 1.91. The fraction of sp³-hybridized carbons (Fsp3) is 0.273. The Balaban J connectivity index is 3.47. The Bertz CT molecular complexity index is 736. The van der Waals surface area contributed by atoms with Crippen LogP contribution in [-0.4, -0.2) is 33.4 Å². The molecule has 5 nitrogen and oxygen atoms in total. The number of methoxy groups -OCH3 is 1. The van der Waals surface area contributed by atoms with Crippen LogP contribution in [0, 0.1) is 0 Å². The normalized spacial score (nSPS) is 13.8. The van der Waals surface area contributed by atoms with Crippen LogP contribution in [0.1, 0.15) is 5.56 Å². The first-order valence-corrected chi connectivity index (χ1v) is 6.91. The smallest absolute Gasteiger partial charge is 0.441 e. The summed E-state index contributed by atoms with van der Waals surface area (Å²) in [4.78, 5) is 9.82. The predicted octanol–water partition coefficient (Wildman–Crippen LogP) is 2.57. The summed E-state index contributed by atoms with van der Waals surface area (Å²) < 4.78 is 105. The van der Waals surface area contributed by atoms with Crippen LogP contribution in [0.15, 0.2) is 33.6 Å². The van der Waals surface area contributed by atoms with Gasteiger partial charge in [-0.3, -0.25) is 0 Å². The van der Waals surface area contributed by atoms with Crippen LogP contribution in [-0.2, 0) is 25.7 Å². The van der Waals surface area contributed by atoms with E-state index in [-0.39, 0.29) is 6.07 Å². The summed E-state index contributed by atoms with van der Waals surface area (Å²) in [5.74, 6) is -2.09. The molecule has 0 amide bonds. The fourth-order valence-electron chi connectivity index (χ4n) is 1.31. The predicted molar refractivity (Wildman–Crippen MR) is 64.1 cm³/mol. The van der Waals surface area contributed by atoms with E-state index in [0.29, 0.717) is 25.3 Å². The zero-order valence-electron chi connectivity index (χ0n) is 11.1. The highest BCUT2D eigenvalue weighted by Gasteiger charge is 2.43. The highest BCUT2D eigenvalue weighted by atomic mass is 32.2. The second-order valence-corrected chi connectivity index (χ2v) is 5.53. The first-order chi connectivity index (χ1) is 10.3. The number of alkyl halides is 6. The number of benzene rings is 1. The Morgan fingerprint density at radius 2 is 1.70 bits per heavy atom. The maximum atomic E-state index is 12.6. The second kappa shape index (κ2) is 6.18. The number of hydrogen-bond donors (Lipinski definition) is 0. The van der Waals surface area contributed by atoms with Crippen molar-refractivity contribution in [2.45, 2.75) is 17.2 Å². The highest BCUT2D eigenvalue weighted by molar-refractivity contribution is 7.90. The molecule has 0 N–H and O–H groups in total. The molecule has 0 aliphatic rings. The minimum absolute atomic E-state index is 0.101. The van der Waals surface area contributed by atoms with Crippen molar-refractivity contribution in [3.8, 4) is 0 Å². The molecule has 0 aromatic heterocycles. The van der Waals surface area contributed by atoms with E-state index in [4.69, 9.17) is 0 Å². The average molecular weight is 363 g/mol. The van der Waals surface area contributed by atoms with Crippen molar-refractivity contribution < 1.29 is 44.3 Å². The lowest BCUT2D eigenvalue weighted by Gasteiger charge is -2.10. The van der Waals surface area contributed by atoms with E-state index in [0.717, 1.165) is 0 Å². The Kier molecular flexibility index (Phi) is 5.09. The van der Waals surface area contributed by atoms with Crippen LogP contribution in [0.5, 0.6) is 0 Å². The van der Waals surface area contributed by atoms with Crippen molar-refractivity contribution in [1.29, 1.82) is 0 Å². The quantitative estimate of drug-likeness (QED) is 0.470. The molecule has 12 heteroatoms. The number of carbonyl (C=O) groups excluding carboxylic acids is 1. The lowest BCUT2D eigenvalue weighted by Crippen LogP contribution is -2.33. The van der Waals surface area contributed by atoms with Crippen LogP contribution in [0.25, 0.3) is 0 Å². The molecule has 0 fully saturated rings. The van der Waals surface area contributed by atoms with Crippen molar-refractivity contribution in [3.05, 3.63) is 29.8 Å². The Hall–Kier alpha value is -2.11. The number of rotatable bonds is 3. The third-order valence-corrected chi connectivity index (χ3v) is 3.59. The van der Waals surface area contributed by atoms with Gasteiger partial charge in [-0.25, -0.2) is 4.79 Å². The Morgan fingerprint density at radius 3 is 2.13 bits per heavy atom. The summed E-state index contributed by atoms with van der Waals surface area (Å²) in [7, 11) is -4.66. The maximum absolute atomic E-state index is 12.6. The Morgan fingerprint density at radius 1 is 1.13 bits per heavy atom. The van der Waals surface area contributed by atoms with Gasteiger partial charge in [0, 0.05) is 0 Å². The summed E-state index contributed by atoms with van der Waals surface area (Å²) in [5.41, 5.74) is -3.81. The van der Waals surface area contributed by atoms with Crippen molar-refractivity contribution in [1.82, 2.24) is 0 Å². The molecule has 0 aliphatic heterocycles. The van der Waals surface area contributed by atoms with Gasteiger partial charge < -0.3 is 4.74 Å². The number of nitrogens with zero attached hydrogens (tertiary/aromatic N) is 1. The summed E-state index contributed by atoms with van der Waals surface area (Å²) in [6.07, 6.45) is -10.4. The number of ether oxygens (including phenoxy) is 1. The molecule has 0 spiro atoms. The number of carbonyl (C=O) groups is 1. The number of hydrogen-bond acceptors (Lipinski definition) is 4. The largest absolute Gasteiger partial charge is 0.464 e. The third-order valence-electron chi connectivity index (χ3n) is 2.32. The van der Waals surface area contributed by atoms with Crippen molar-refractivity contribution >= 4 is 21.7 Å². The van der Waals surface area contributed by atoms with E-state index in [2.05, 4.69) is 9.13 Å². The summed E-state index contributed by atoms with van der Waals surface area (Å²) in [6.45, 7) is 0. The molecule has 1 aromatic rings.